The first kappa shape index (κ1) is 24.1. The number of hydrogen-bond donors (Lipinski definition) is 3. The molecule has 174 valence electrons. The zero-order valence-corrected chi connectivity index (χ0v) is 18.8. The molecular weight excluding hydrogens is 444 g/mol. The summed E-state index contributed by atoms with van der Waals surface area (Å²) < 4.78 is 2.54. The topological polar surface area (TPSA) is 122 Å². The Morgan fingerprint density at radius 1 is 0.848 bits per heavy atom. The van der Waals surface area contributed by atoms with E-state index in [0.717, 1.165) is 29.9 Å². The van der Waals surface area contributed by atoms with Crippen molar-refractivity contribution in [3.63, 3.8) is 0 Å². The van der Waals surface area contributed by atoms with Gasteiger partial charge in [0.2, 0.25) is 11.8 Å². The third-order valence-electron chi connectivity index (χ3n) is 5.05. The fourth-order valence-corrected chi connectivity index (χ4v) is 4.10. The molecule has 0 unspecified atom stereocenters. The molecule has 9 nitrogen and oxygen atoms in total. The molecule has 1 heterocycles. The van der Waals surface area contributed by atoms with E-state index in [4.69, 9.17) is 5.21 Å². The average Bonchev–Trinajstić information content (AvgIpc) is 3.10. The Bertz CT molecular complexity index is 1180. The molecule has 1 aromatic heterocycles. The van der Waals surface area contributed by atoms with E-state index >= 15 is 0 Å². The molecule has 0 bridgehead atoms. The van der Waals surface area contributed by atoms with Crippen molar-refractivity contribution in [2.45, 2.75) is 45.1 Å². The van der Waals surface area contributed by atoms with E-state index in [0.29, 0.717) is 30.6 Å². The van der Waals surface area contributed by atoms with Crippen molar-refractivity contribution in [2.24, 2.45) is 0 Å². The van der Waals surface area contributed by atoms with Crippen LogP contribution in [0.5, 0.6) is 0 Å². The van der Waals surface area contributed by atoms with Gasteiger partial charge in [0.25, 0.3) is 0 Å². The zero-order valence-electron chi connectivity index (χ0n) is 18.0. The first-order chi connectivity index (χ1) is 16.0. The lowest BCUT2D eigenvalue weighted by atomic mass is 10.1. The molecule has 3 aromatic rings. The standard InChI is InChI=1S/C23H26N4O5S/c28-20(10-6-1-2-7-11-21(29)25-32)24-18-12-14-19(15-13-18)27-22(30)26(23(31)33-27)16-17-8-4-3-5-9-17/h3-5,8-9,12-15,32H,1-2,6-7,10-11,16H2,(H,24,28)(H,25,29). The first-order valence-corrected chi connectivity index (χ1v) is 11.5. The summed E-state index contributed by atoms with van der Waals surface area (Å²) in [5, 5.41) is 11.2. The second-order valence-electron chi connectivity index (χ2n) is 7.55. The quantitative estimate of drug-likeness (QED) is 0.226. The Labute approximate surface area is 194 Å². The number of nitrogens with one attached hydrogen (secondary N) is 2. The van der Waals surface area contributed by atoms with Crippen molar-refractivity contribution >= 4 is 29.0 Å². The van der Waals surface area contributed by atoms with Crippen LogP contribution in [0.3, 0.4) is 0 Å². The number of unbranched alkanes of at least 4 members (excludes halogenated alkanes) is 3. The Morgan fingerprint density at radius 2 is 1.48 bits per heavy atom. The maximum Gasteiger partial charge on any atom is 0.346 e. The van der Waals surface area contributed by atoms with E-state index in [1.807, 2.05) is 30.3 Å². The molecule has 33 heavy (non-hydrogen) atoms. The van der Waals surface area contributed by atoms with Crippen molar-refractivity contribution in [3.8, 4) is 5.69 Å². The van der Waals surface area contributed by atoms with Crippen LogP contribution in [0.25, 0.3) is 5.69 Å². The van der Waals surface area contributed by atoms with Crippen LogP contribution in [0.15, 0.2) is 64.2 Å². The SMILES string of the molecule is O=C(CCCCCCC(=O)Nc1ccc(-n2sc(=O)n(Cc3ccccc3)c2=O)cc1)NO. The summed E-state index contributed by atoms with van der Waals surface area (Å²) in [6, 6.07) is 16.1. The molecule has 3 N–H and O–H groups in total. The van der Waals surface area contributed by atoms with E-state index < -0.39 is 11.6 Å². The molecule has 0 spiro atoms. The number of rotatable bonds is 11. The highest BCUT2D eigenvalue weighted by Gasteiger charge is 2.12. The molecule has 0 aliphatic heterocycles. The van der Waals surface area contributed by atoms with Crippen molar-refractivity contribution in [3.05, 3.63) is 80.3 Å². The number of anilines is 1. The van der Waals surface area contributed by atoms with Crippen LogP contribution in [-0.4, -0.2) is 25.5 Å². The smallest absolute Gasteiger partial charge is 0.326 e. The Hall–Kier alpha value is -3.50. The molecule has 2 amide bonds. The fraction of sp³-hybridized carbons (Fsp3) is 0.304. The second kappa shape index (κ2) is 11.9. The van der Waals surface area contributed by atoms with Gasteiger partial charge >= 0.3 is 10.6 Å². The lowest BCUT2D eigenvalue weighted by Gasteiger charge is -2.07. The van der Waals surface area contributed by atoms with Gasteiger partial charge in [-0.15, -0.1) is 0 Å². The van der Waals surface area contributed by atoms with Gasteiger partial charge in [-0.1, -0.05) is 43.2 Å². The van der Waals surface area contributed by atoms with Gasteiger partial charge in [-0.2, -0.15) is 0 Å². The minimum Gasteiger partial charge on any atom is -0.326 e. The molecule has 0 radical (unpaired) electrons. The van der Waals surface area contributed by atoms with Crippen molar-refractivity contribution < 1.29 is 14.8 Å². The predicted octanol–water partition coefficient (Wildman–Crippen LogP) is 2.89. The summed E-state index contributed by atoms with van der Waals surface area (Å²) in [6.07, 6.45) is 3.60. The van der Waals surface area contributed by atoms with Crippen LogP contribution in [0.1, 0.15) is 44.1 Å². The van der Waals surface area contributed by atoms with Crippen LogP contribution in [0.4, 0.5) is 5.69 Å². The summed E-state index contributed by atoms with van der Waals surface area (Å²) in [5.74, 6) is -0.523. The summed E-state index contributed by atoms with van der Waals surface area (Å²) in [7, 11) is 0. The number of benzene rings is 2. The highest BCUT2D eigenvalue weighted by atomic mass is 32.1. The predicted molar refractivity (Wildman–Crippen MR) is 126 cm³/mol. The number of amides is 2. The van der Waals surface area contributed by atoms with Crippen LogP contribution in [-0.2, 0) is 16.1 Å². The number of carbonyl (C=O) groups excluding carboxylic acids is 2. The summed E-state index contributed by atoms with van der Waals surface area (Å²) in [4.78, 5) is 47.8. The monoisotopic (exact) mass is 470 g/mol. The van der Waals surface area contributed by atoms with Gasteiger partial charge in [-0.3, -0.25) is 19.6 Å². The summed E-state index contributed by atoms with van der Waals surface area (Å²) in [5.41, 5.74) is 3.22. The van der Waals surface area contributed by atoms with Crippen molar-refractivity contribution in [2.75, 3.05) is 5.32 Å². The molecule has 10 heteroatoms. The zero-order chi connectivity index (χ0) is 23.6. The molecule has 0 aliphatic carbocycles. The maximum atomic E-state index is 12.7. The molecular formula is C23H26N4O5S. The van der Waals surface area contributed by atoms with Crippen LogP contribution < -0.4 is 21.4 Å². The third kappa shape index (κ3) is 6.99. The lowest BCUT2D eigenvalue weighted by Crippen LogP contribution is -2.28. The molecule has 2 aromatic carbocycles. The number of nitrogens with zero attached hydrogens (tertiary/aromatic N) is 2. The van der Waals surface area contributed by atoms with E-state index in [2.05, 4.69) is 5.32 Å². The minimum atomic E-state index is -0.404. The summed E-state index contributed by atoms with van der Waals surface area (Å²) in [6.45, 7) is 0.213. The number of hydroxylamine groups is 1. The van der Waals surface area contributed by atoms with Crippen LogP contribution >= 0.6 is 11.5 Å². The maximum absolute atomic E-state index is 12.7. The molecule has 3 rings (SSSR count). The van der Waals surface area contributed by atoms with Crippen molar-refractivity contribution in [1.29, 1.82) is 0 Å². The normalized spacial score (nSPS) is 10.7. The minimum absolute atomic E-state index is 0.119. The number of carbonyl (C=O) groups is 2. The Balaban J connectivity index is 1.52. The molecule has 0 saturated heterocycles. The molecule has 0 atom stereocenters. The third-order valence-corrected chi connectivity index (χ3v) is 5.97. The van der Waals surface area contributed by atoms with Crippen LogP contribution in [0.2, 0.25) is 0 Å². The van der Waals surface area contributed by atoms with E-state index in [9.17, 15) is 19.2 Å². The first-order valence-electron chi connectivity index (χ1n) is 10.7. The Kier molecular flexibility index (Phi) is 8.73. The van der Waals surface area contributed by atoms with Gasteiger partial charge in [-0.05, 0) is 42.7 Å². The Morgan fingerprint density at radius 3 is 2.12 bits per heavy atom. The average molecular weight is 471 g/mol. The molecule has 0 aliphatic rings. The molecule has 0 fully saturated rings. The number of aromatic nitrogens is 2. The largest absolute Gasteiger partial charge is 0.346 e. The van der Waals surface area contributed by atoms with Gasteiger partial charge in [0, 0.05) is 30.1 Å². The number of hydrogen-bond acceptors (Lipinski definition) is 6. The second-order valence-corrected chi connectivity index (χ2v) is 8.45. The lowest BCUT2D eigenvalue weighted by molar-refractivity contribution is -0.129. The van der Waals surface area contributed by atoms with E-state index in [1.54, 1.807) is 29.7 Å². The highest BCUT2D eigenvalue weighted by Crippen LogP contribution is 2.14. The highest BCUT2D eigenvalue weighted by molar-refractivity contribution is 7.03. The van der Waals surface area contributed by atoms with Gasteiger partial charge in [0.05, 0.1) is 12.2 Å². The summed E-state index contributed by atoms with van der Waals surface area (Å²) >= 11 is 0.839. The van der Waals surface area contributed by atoms with Gasteiger partial charge in [0.15, 0.2) is 0 Å². The van der Waals surface area contributed by atoms with Crippen molar-refractivity contribution in [1.82, 2.24) is 14.0 Å². The van der Waals surface area contributed by atoms with Crippen LogP contribution in [0, 0.1) is 0 Å². The van der Waals surface area contributed by atoms with Gasteiger partial charge in [-0.25, -0.2) is 18.8 Å². The van der Waals surface area contributed by atoms with Gasteiger partial charge < -0.3 is 5.32 Å². The van der Waals surface area contributed by atoms with E-state index in [1.165, 1.54) is 8.52 Å². The fourth-order valence-electron chi connectivity index (χ4n) is 3.30. The molecule has 0 saturated carbocycles. The van der Waals surface area contributed by atoms with E-state index in [-0.39, 0.29) is 23.7 Å². The van der Waals surface area contributed by atoms with Gasteiger partial charge in [0.1, 0.15) is 0 Å².